The third-order valence-corrected chi connectivity index (χ3v) is 6.17. The molecule has 7 nitrogen and oxygen atoms in total. The topological polar surface area (TPSA) is 62.2 Å². The monoisotopic (exact) mass is 529 g/mol. The number of aliphatic imine (C=N–C) groups is 1. The van der Waals surface area contributed by atoms with Gasteiger partial charge in [-0.25, -0.2) is 4.98 Å². The lowest BCUT2D eigenvalue weighted by atomic mass is 10.1. The highest BCUT2D eigenvalue weighted by molar-refractivity contribution is 14.0. The predicted molar refractivity (Wildman–Crippen MR) is 131 cm³/mol. The Bertz CT molecular complexity index is 658. The number of rotatable bonds is 4. The molecule has 0 bridgehead atoms. The summed E-state index contributed by atoms with van der Waals surface area (Å²) in [5, 5.41) is 3.50. The van der Waals surface area contributed by atoms with E-state index in [4.69, 9.17) is 14.5 Å². The first-order valence-electron chi connectivity index (χ1n) is 11.2. The molecule has 4 rings (SSSR count). The molecule has 8 heteroatoms. The van der Waals surface area contributed by atoms with Gasteiger partial charge in [0, 0.05) is 52.6 Å². The van der Waals surface area contributed by atoms with Crippen molar-refractivity contribution in [2.75, 3.05) is 51.3 Å². The number of hydrogen-bond acceptors (Lipinski definition) is 5. The molecule has 168 valence electrons. The van der Waals surface area contributed by atoms with Gasteiger partial charge in [-0.3, -0.25) is 4.99 Å². The van der Waals surface area contributed by atoms with Crippen molar-refractivity contribution in [2.45, 2.75) is 57.3 Å². The molecule has 2 atom stereocenters. The second-order valence-corrected chi connectivity index (χ2v) is 8.23. The van der Waals surface area contributed by atoms with Crippen LogP contribution in [0.1, 0.15) is 44.1 Å². The highest BCUT2D eigenvalue weighted by atomic mass is 127. The summed E-state index contributed by atoms with van der Waals surface area (Å²) in [4.78, 5) is 13.9. The molecule has 3 aliphatic rings. The average molecular weight is 529 g/mol. The molecule has 1 aromatic rings. The maximum absolute atomic E-state index is 5.97. The fourth-order valence-corrected chi connectivity index (χ4v) is 4.51. The van der Waals surface area contributed by atoms with Gasteiger partial charge in [-0.15, -0.1) is 24.0 Å². The Morgan fingerprint density at radius 1 is 1.07 bits per heavy atom. The minimum absolute atomic E-state index is 0. The third kappa shape index (κ3) is 6.20. The van der Waals surface area contributed by atoms with Crippen LogP contribution in [0.25, 0.3) is 0 Å². The molecule has 0 saturated carbocycles. The Morgan fingerprint density at radius 3 is 2.53 bits per heavy atom. The van der Waals surface area contributed by atoms with E-state index in [-0.39, 0.29) is 36.2 Å². The summed E-state index contributed by atoms with van der Waals surface area (Å²) in [5.74, 6) is 2.03. The molecule has 3 aliphatic heterocycles. The first kappa shape index (κ1) is 23.5. The standard InChI is InChI=1S/C22H35N5O2.HI/c1-23-22(27-12-14-29-20(17-27)19-7-6-13-28-19)25-16-18-8-9-21(24-15-18)26-10-4-2-3-5-11-26;/h8-9,15,19-20H,2-7,10-14,16-17H2,1H3,(H,23,25);1H. The van der Waals surface area contributed by atoms with Gasteiger partial charge < -0.3 is 24.6 Å². The summed E-state index contributed by atoms with van der Waals surface area (Å²) >= 11 is 0. The summed E-state index contributed by atoms with van der Waals surface area (Å²) in [6, 6.07) is 4.34. The van der Waals surface area contributed by atoms with E-state index in [2.05, 4.69) is 32.2 Å². The first-order chi connectivity index (χ1) is 14.3. The Morgan fingerprint density at radius 2 is 1.87 bits per heavy atom. The number of morpholine rings is 1. The number of ether oxygens (including phenoxy) is 2. The third-order valence-electron chi connectivity index (χ3n) is 6.17. The van der Waals surface area contributed by atoms with Crippen LogP contribution in [0.15, 0.2) is 23.3 Å². The minimum Gasteiger partial charge on any atom is -0.375 e. The number of halogens is 1. The highest BCUT2D eigenvalue weighted by Crippen LogP contribution is 2.21. The molecular weight excluding hydrogens is 493 g/mol. The lowest BCUT2D eigenvalue weighted by Crippen LogP contribution is -2.53. The van der Waals surface area contributed by atoms with E-state index in [1.165, 1.54) is 31.2 Å². The number of guanidine groups is 1. The smallest absolute Gasteiger partial charge is 0.194 e. The van der Waals surface area contributed by atoms with Crippen LogP contribution < -0.4 is 10.2 Å². The molecule has 3 saturated heterocycles. The molecule has 1 aromatic heterocycles. The molecule has 0 aromatic carbocycles. The molecule has 0 amide bonds. The summed E-state index contributed by atoms with van der Waals surface area (Å²) in [7, 11) is 1.85. The van der Waals surface area contributed by atoms with Gasteiger partial charge in [0.25, 0.3) is 0 Å². The van der Waals surface area contributed by atoms with Crippen LogP contribution in [0.5, 0.6) is 0 Å². The van der Waals surface area contributed by atoms with Crippen molar-refractivity contribution in [2.24, 2.45) is 4.99 Å². The number of nitrogens with one attached hydrogen (secondary N) is 1. The van der Waals surface area contributed by atoms with Crippen LogP contribution in [0.3, 0.4) is 0 Å². The van der Waals surface area contributed by atoms with Gasteiger partial charge in [-0.2, -0.15) is 0 Å². The van der Waals surface area contributed by atoms with E-state index >= 15 is 0 Å². The predicted octanol–water partition coefficient (Wildman–Crippen LogP) is 3.04. The lowest BCUT2D eigenvalue weighted by Gasteiger charge is -2.37. The van der Waals surface area contributed by atoms with Crippen molar-refractivity contribution < 1.29 is 9.47 Å². The van der Waals surface area contributed by atoms with Gasteiger partial charge in [0.2, 0.25) is 0 Å². The van der Waals surface area contributed by atoms with Crippen LogP contribution in [0.2, 0.25) is 0 Å². The first-order valence-corrected chi connectivity index (χ1v) is 11.2. The van der Waals surface area contributed by atoms with E-state index < -0.39 is 0 Å². The molecule has 30 heavy (non-hydrogen) atoms. The van der Waals surface area contributed by atoms with E-state index in [1.54, 1.807) is 0 Å². The van der Waals surface area contributed by atoms with Gasteiger partial charge in [0.1, 0.15) is 11.9 Å². The highest BCUT2D eigenvalue weighted by Gasteiger charge is 2.32. The van der Waals surface area contributed by atoms with Crippen molar-refractivity contribution in [3.63, 3.8) is 0 Å². The normalized spacial score (nSPS) is 25.6. The van der Waals surface area contributed by atoms with Gasteiger partial charge in [-0.1, -0.05) is 18.9 Å². The summed E-state index contributed by atoms with van der Waals surface area (Å²) in [5.41, 5.74) is 1.17. The Balaban J connectivity index is 0.00000256. The molecule has 0 radical (unpaired) electrons. The molecule has 1 N–H and O–H groups in total. The van der Waals surface area contributed by atoms with Crippen molar-refractivity contribution >= 4 is 35.8 Å². The van der Waals surface area contributed by atoms with Crippen LogP contribution in [-0.2, 0) is 16.0 Å². The fourth-order valence-electron chi connectivity index (χ4n) is 4.51. The van der Waals surface area contributed by atoms with Gasteiger partial charge in [0.05, 0.1) is 12.7 Å². The second kappa shape index (κ2) is 12.0. The van der Waals surface area contributed by atoms with Crippen molar-refractivity contribution in [1.82, 2.24) is 15.2 Å². The molecule has 2 unspecified atom stereocenters. The Labute approximate surface area is 197 Å². The number of nitrogens with zero attached hydrogens (tertiary/aromatic N) is 4. The van der Waals surface area contributed by atoms with Gasteiger partial charge in [0.15, 0.2) is 5.96 Å². The molecule has 4 heterocycles. The fraction of sp³-hybridized carbons (Fsp3) is 0.727. The van der Waals surface area contributed by atoms with E-state index in [0.29, 0.717) is 0 Å². The van der Waals surface area contributed by atoms with E-state index in [0.717, 1.165) is 70.6 Å². The summed E-state index contributed by atoms with van der Waals surface area (Å²) < 4.78 is 11.8. The summed E-state index contributed by atoms with van der Waals surface area (Å²) in [6.07, 6.45) is 9.82. The zero-order chi connectivity index (χ0) is 19.9. The number of aromatic nitrogens is 1. The van der Waals surface area contributed by atoms with E-state index in [1.807, 2.05) is 13.2 Å². The molecular formula is C22H36IN5O2. The number of pyridine rings is 1. The second-order valence-electron chi connectivity index (χ2n) is 8.23. The van der Waals surface area contributed by atoms with Crippen LogP contribution in [0, 0.1) is 0 Å². The maximum Gasteiger partial charge on any atom is 0.194 e. The average Bonchev–Trinajstić information content (AvgIpc) is 3.18. The van der Waals surface area contributed by atoms with Crippen molar-refractivity contribution in [1.29, 1.82) is 0 Å². The Hall–Kier alpha value is -1.13. The van der Waals surface area contributed by atoms with Gasteiger partial charge in [-0.05, 0) is 37.3 Å². The van der Waals surface area contributed by atoms with Crippen molar-refractivity contribution in [3.05, 3.63) is 23.9 Å². The quantitative estimate of drug-likeness (QED) is 0.368. The van der Waals surface area contributed by atoms with Crippen LogP contribution in [0.4, 0.5) is 5.82 Å². The molecule has 3 fully saturated rings. The van der Waals surface area contributed by atoms with E-state index in [9.17, 15) is 0 Å². The SMILES string of the molecule is CN=C(NCc1ccc(N2CCCCCC2)nc1)N1CCOC(C2CCCO2)C1.I. The molecule has 0 spiro atoms. The Kier molecular flexibility index (Phi) is 9.45. The number of anilines is 1. The van der Waals surface area contributed by atoms with Gasteiger partial charge >= 0.3 is 0 Å². The van der Waals surface area contributed by atoms with Crippen molar-refractivity contribution in [3.8, 4) is 0 Å². The lowest BCUT2D eigenvalue weighted by molar-refractivity contribution is -0.0817. The molecule has 0 aliphatic carbocycles. The van der Waals surface area contributed by atoms with Crippen LogP contribution in [-0.4, -0.2) is 74.5 Å². The summed E-state index contributed by atoms with van der Waals surface area (Å²) in [6.45, 7) is 6.24. The number of hydrogen-bond donors (Lipinski definition) is 1. The zero-order valence-electron chi connectivity index (χ0n) is 18.1. The minimum atomic E-state index is 0. The zero-order valence-corrected chi connectivity index (χ0v) is 20.4. The maximum atomic E-state index is 5.97. The largest absolute Gasteiger partial charge is 0.375 e. The van der Waals surface area contributed by atoms with Crippen LogP contribution >= 0.6 is 24.0 Å².